The highest BCUT2D eigenvalue weighted by atomic mass is 32.1. The Morgan fingerprint density at radius 1 is 1.08 bits per heavy atom. The number of thiazole rings is 1. The zero-order valence-corrected chi connectivity index (χ0v) is 16.6. The van der Waals surface area contributed by atoms with Crippen LogP contribution in [0.1, 0.15) is 26.7 Å². The van der Waals surface area contributed by atoms with Gasteiger partial charge in [-0.25, -0.2) is 4.98 Å². The summed E-state index contributed by atoms with van der Waals surface area (Å²) in [6.07, 6.45) is 0.902. The monoisotopic (exact) mass is 360 g/mol. The fraction of sp³-hybridized carbons (Fsp3) is 0.474. The molecule has 0 unspecified atom stereocenters. The van der Waals surface area contributed by atoms with Gasteiger partial charge in [0.2, 0.25) is 0 Å². The molecule has 0 saturated carbocycles. The minimum Gasteiger partial charge on any atom is -0.492 e. The summed E-state index contributed by atoms with van der Waals surface area (Å²) in [5, 5.41) is 7.75. The topological polar surface area (TPSA) is 58.5 Å². The zero-order valence-electron chi connectivity index (χ0n) is 15.8. The van der Waals surface area contributed by atoms with Crippen LogP contribution >= 0.6 is 11.3 Å². The molecule has 0 atom stereocenters. The highest BCUT2D eigenvalue weighted by Crippen LogP contribution is 2.16. The van der Waals surface area contributed by atoms with E-state index >= 15 is 0 Å². The van der Waals surface area contributed by atoms with Crippen molar-refractivity contribution in [3.05, 3.63) is 44.9 Å². The molecule has 0 saturated heterocycles. The van der Waals surface area contributed by atoms with Crippen molar-refractivity contribution < 1.29 is 4.74 Å². The number of guanidine groups is 1. The molecule has 0 amide bonds. The van der Waals surface area contributed by atoms with Crippen LogP contribution in [-0.4, -0.2) is 37.7 Å². The SMILES string of the molecule is CN=C(NCCOc1cc(C)cc(C)c1)NCCc1nc(C)c(C)s1. The Labute approximate surface area is 154 Å². The van der Waals surface area contributed by atoms with Crippen molar-refractivity contribution in [3.63, 3.8) is 0 Å². The number of ether oxygens (including phenoxy) is 1. The molecule has 5 nitrogen and oxygen atoms in total. The first-order valence-corrected chi connectivity index (χ1v) is 9.38. The summed E-state index contributed by atoms with van der Waals surface area (Å²) in [6.45, 7) is 10.4. The fourth-order valence-corrected chi connectivity index (χ4v) is 3.44. The third kappa shape index (κ3) is 6.38. The van der Waals surface area contributed by atoms with Gasteiger partial charge in [-0.2, -0.15) is 0 Å². The van der Waals surface area contributed by atoms with Crippen molar-refractivity contribution >= 4 is 17.3 Å². The summed E-state index contributed by atoms with van der Waals surface area (Å²) in [4.78, 5) is 10.1. The molecule has 1 aromatic heterocycles. The molecule has 0 aliphatic heterocycles. The molecule has 2 N–H and O–H groups in total. The predicted molar refractivity (Wildman–Crippen MR) is 106 cm³/mol. The summed E-state index contributed by atoms with van der Waals surface area (Å²) in [6, 6.07) is 6.25. The van der Waals surface area contributed by atoms with Crippen molar-refractivity contribution in [2.75, 3.05) is 26.7 Å². The van der Waals surface area contributed by atoms with E-state index in [2.05, 4.69) is 66.5 Å². The molecular weight excluding hydrogens is 332 g/mol. The van der Waals surface area contributed by atoms with Crippen LogP contribution in [0.15, 0.2) is 23.2 Å². The summed E-state index contributed by atoms with van der Waals surface area (Å²) in [7, 11) is 1.78. The number of benzene rings is 1. The molecule has 25 heavy (non-hydrogen) atoms. The Bertz CT molecular complexity index is 684. The van der Waals surface area contributed by atoms with Gasteiger partial charge in [0, 0.05) is 24.9 Å². The average molecular weight is 361 g/mol. The second kappa shape index (κ2) is 9.42. The quantitative estimate of drug-likeness (QED) is 0.452. The normalized spacial score (nSPS) is 11.5. The Balaban J connectivity index is 1.68. The Hall–Kier alpha value is -2.08. The van der Waals surface area contributed by atoms with E-state index in [1.807, 2.05) is 0 Å². The van der Waals surface area contributed by atoms with Gasteiger partial charge in [0.1, 0.15) is 12.4 Å². The lowest BCUT2D eigenvalue weighted by atomic mass is 10.1. The van der Waals surface area contributed by atoms with Gasteiger partial charge in [-0.15, -0.1) is 11.3 Å². The summed E-state index contributed by atoms with van der Waals surface area (Å²) < 4.78 is 5.80. The first-order chi connectivity index (χ1) is 12.0. The van der Waals surface area contributed by atoms with Crippen LogP contribution < -0.4 is 15.4 Å². The van der Waals surface area contributed by atoms with Gasteiger partial charge in [0.25, 0.3) is 0 Å². The maximum absolute atomic E-state index is 5.80. The third-order valence-electron chi connectivity index (χ3n) is 3.79. The van der Waals surface area contributed by atoms with Gasteiger partial charge in [-0.05, 0) is 51.0 Å². The number of rotatable bonds is 7. The van der Waals surface area contributed by atoms with Gasteiger partial charge in [0.05, 0.1) is 17.2 Å². The van der Waals surface area contributed by atoms with Crippen molar-refractivity contribution in [1.82, 2.24) is 15.6 Å². The molecule has 0 radical (unpaired) electrons. The number of aryl methyl sites for hydroxylation is 4. The van der Waals surface area contributed by atoms with Crippen molar-refractivity contribution in [2.24, 2.45) is 4.99 Å². The molecule has 0 spiro atoms. The minimum atomic E-state index is 0.592. The zero-order chi connectivity index (χ0) is 18.2. The first kappa shape index (κ1) is 19.2. The maximum Gasteiger partial charge on any atom is 0.191 e. The Morgan fingerprint density at radius 3 is 2.36 bits per heavy atom. The van der Waals surface area contributed by atoms with Crippen LogP contribution in [0.4, 0.5) is 0 Å². The molecule has 6 heteroatoms. The van der Waals surface area contributed by atoms with Gasteiger partial charge >= 0.3 is 0 Å². The summed E-state index contributed by atoms with van der Waals surface area (Å²) >= 11 is 1.76. The van der Waals surface area contributed by atoms with Gasteiger partial charge in [-0.1, -0.05) is 6.07 Å². The summed E-state index contributed by atoms with van der Waals surface area (Å²) in [5.41, 5.74) is 3.56. The van der Waals surface area contributed by atoms with E-state index in [9.17, 15) is 0 Å². The van der Waals surface area contributed by atoms with E-state index in [1.165, 1.54) is 16.0 Å². The molecule has 0 aliphatic rings. The number of hydrogen-bond donors (Lipinski definition) is 2. The summed E-state index contributed by atoms with van der Waals surface area (Å²) in [5.74, 6) is 1.70. The van der Waals surface area contributed by atoms with E-state index in [1.54, 1.807) is 18.4 Å². The first-order valence-electron chi connectivity index (χ1n) is 8.56. The standard InChI is InChI=1S/C19H28N4OS/c1-13-10-14(2)12-17(11-13)24-9-8-22-19(20-5)21-7-6-18-23-15(3)16(4)25-18/h10-12H,6-9H2,1-5H3,(H2,20,21,22). The molecule has 1 heterocycles. The lowest BCUT2D eigenvalue weighted by Crippen LogP contribution is -2.40. The Morgan fingerprint density at radius 2 is 1.76 bits per heavy atom. The smallest absolute Gasteiger partial charge is 0.191 e. The van der Waals surface area contributed by atoms with Crippen LogP contribution in [0, 0.1) is 27.7 Å². The molecule has 0 aliphatic carbocycles. The molecule has 136 valence electrons. The van der Waals surface area contributed by atoms with E-state index < -0.39 is 0 Å². The maximum atomic E-state index is 5.80. The van der Waals surface area contributed by atoms with Crippen LogP contribution in [0.25, 0.3) is 0 Å². The van der Waals surface area contributed by atoms with Gasteiger partial charge in [0.15, 0.2) is 5.96 Å². The molecule has 0 bridgehead atoms. The van der Waals surface area contributed by atoms with Crippen molar-refractivity contribution in [3.8, 4) is 5.75 Å². The highest BCUT2D eigenvalue weighted by molar-refractivity contribution is 7.11. The number of nitrogens with zero attached hydrogens (tertiary/aromatic N) is 2. The van der Waals surface area contributed by atoms with Crippen molar-refractivity contribution in [1.29, 1.82) is 0 Å². The van der Waals surface area contributed by atoms with Crippen LogP contribution in [0.2, 0.25) is 0 Å². The molecule has 2 aromatic rings. The van der Waals surface area contributed by atoms with Crippen LogP contribution in [0.3, 0.4) is 0 Å². The van der Waals surface area contributed by atoms with Crippen LogP contribution in [-0.2, 0) is 6.42 Å². The average Bonchev–Trinajstić information content (AvgIpc) is 2.87. The van der Waals surface area contributed by atoms with E-state index in [0.717, 1.165) is 35.4 Å². The predicted octanol–water partition coefficient (Wildman–Crippen LogP) is 3.16. The van der Waals surface area contributed by atoms with E-state index in [-0.39, 0.29) is 0 Å². The lowest BCUT2D eigenvalue weighted by Gasteiger charge is -2.12. The van der Waals surface area contributed by atoms with E-state index in [4.69, 9.17) is 4.74 Å². The second-order valence-electron chi connectivity index (χ2n) is 6.10. The molecule has 1 aromatic carbocycles. The highest BCUT2D eigenvalue weighted by Gasteiger charge is 2.04. The van der Waals surface area contributed by atoms with Gasteiger partial charge < -0.3 is 15.4 Å². The fourth-order valence-electron chi connectivity index (χ4n) is 2.51. The largest absolute Gasteiger partial charge is 0.492 e. The van der Waals surface area contributed by atoms with E-state index in [0.29, 0.717) is 13.2 Å². The number of aliphatic imine (C=N–C) groups is 1. The lowest BCUT2D eigenvalue weighted by molar-refractivity contribution is 0.321. The Kier molecular flexibility index (Phi) is 7.25. The molecular formula is C19H28N4OS. The van der Waals surface area contributed by atoms with Crippen molar-refractivity contribution in [2.45, 2.75) is 34.1 Å². The third-order valence-corrected chi connectivity index (χ3v) is 4.92. The van der Waals surface area contributed by atoms with Gasteiger partial charge in [-0.3, -0.25) is 4.99 Å². The molecule has 0 fully saturated rings. The number of aromatic nitrogens is 1. The van der Waals surface area contributed by atoms with Crippen LogP contribution in [0.5, 0.6) is 5.75 Å². The molecule has 2 rings (SSSR count). The second-order valence-corrected chi connectivity index (χ2v) is 7.38. The minimum absolute atomic E-state index is 0.592. The number of hydrogen-bond acceptors (Lipinski definition) is 4. The number of nitrogens with one attached hydrogen (secondary N) is 2.